The maximum atomic E-state index is 12.3. The number of anilines is 1. The first-order chi connectivity index (χ1) is 7.84. The quantitative estimate of drug-likeness (QED) is 0.900. The minimum atomic E-state index is -4.52. The second-order valence-electron chi connectivity index (χ2n) is 3.57. The average Bonchev–Trinajstić information content (AvgIpc) is 2.22. The van der Waals surface area contributed by atoms with Gasteiger partial charge in [-0.1, -0.05) is 17.7 Å². The molecule has 1 rings (SSSR count). The zero-order valence-corrected chi connectivity index (χ0v) is 9.73. The first kappa shape index (κ1) is 13.7. The van der Waals surface area contributed by atoms with Gasteiger partial charge in [-0.25, -0.2) is 0 Å². The standard InChI is InChI=1S/C11H10ClF3N2/c1-7-2-3-9(4-10(7)12)17-6-8(5-16)11(13,14)15/h2-4,8,17H,6H2,1H3. The van der Waals surface area contributed by atoms with Gasteiger partial charge in [-0.15, -0.1) is 0 Å². The molecule has 0 aliphatic rings. The Hall–Kier alpha value is -1.41. The average molecular weight is 263 g/mol. The van der Waals surface area contributed by atoms with Crippen molar-refractivity contribution < 1.29 is 13.2 Å². The summed E-state index contributed by atoms with van der Waals surface area (Å²) in [7, 11) is 0. The fraction of sp³-hybridized carbons (Fsp3) is 0.364. The number of benzene rings is 1. The Morgan fingerprint density at radius 1 is 1.47 bits per heavy atom. The zero-order valence-electron chi connectivity index (χ0n) is 8.98. The van der Waals surface area contributed by atoms with Crippen LogP contribution in [0.4, 0.5) is 18.9 Å². The van der Waals surface area contributed by atoms with Crippen LogP contribution in [0.3, 0.4) is 0 Å². The van der Waals surface area contributed by atoms with Gasteiger partial charge in [0.05, 0.1) is 6.07 Å². The number of hydrogen-bond acceptors (Lipinski definition) is 2. The summed E-state index contributed by atoms with van der Waals surface area (Å²) in [5.41, 5.74) is 1.30. The van der Waals surface area contributed by atoms with Crippen LogP contribution >= 0.6 is 11.6 Å². The molecule has 1 aromatic rings. The molecule has 92 valence electrons. The van der Waals surface area contributed by atoms with E-state index < -0.39 is 18.6 Å². The van der Waals surface area contributed by atoms with Crippen molar-refractivity contribution in [3.63, 3.8) is 0 Å². The number of nitrogens with one attached hydrogen (secondary N) is 1. The first-order valence-corrected chi connectivity index (χ1v) is 5.18. The van der Waals surface area contributed by atoms with Gasteiger partial charge >= 0.3 is 6.18 Å². The molecule has 1 atom stereocenters. The van der Waals surface area contributed by atoms with E-state index in [0.717, 1.165) is 5.56 Å². The highest BCUT2D eigenvalue weighted by molar-refractivity contribution is 6.31. The van der Waals surface area contributed by atoms with Crippen molar-refractivity contribution >= 4 is 17.3 Å². The van der Waals surface area contributed by atoms with E-state index in [0.29, 0.717) is 10.7 Å². The molecule has 1 N–H and O–H groups in total. The van der Waals surface area contributed by atoms with Gasteiger partial charge in [-0.2, -0.15) is 18.4 Å². The first-order valence-electron chi connectivity index (χ1n) is 4.81. The largest absolute Gasteiger partial charge is 0.406 e. The van der Waals surface area contributed by atoms with Crippen LogP contribution in [0.1, 0.15) is 5.56 Å². The molecule has 0 saturated heterocycles. The number of nitrogens with zero attached hydrogens (tertiary/aromatic N) is 1. The summed E-state index contributed by atoms with van der Waals surface area (Å²) in [6.45, 7) is 1.30. The van der Waals surface area contributed by atoms with E-state index in [1.54, 1.807) is 19.1 Å². The van der Waals surface area contributed by atoms with Crippen molar-refractivity contribution in [2.45, 2.75) is 13.1 Å². The Labute approximate surface area is 102 Å². The van der Waals surface area contributed by atoms with E-state index in [-0.39, 0.29) is 0 Å². The molecule has 2 nitrogen and oxygen atoms in total. The maximum absolute atomic E-state index is 12.3. The van der Waals surface area contributed by atoms with Crippen LogP contribution in [0, 0.1) is 24.2 Å². The number of hydrogen-bond donors (Lipinski definition) is 1. The highest BCUT2D eigenvalue weighted by Gasteiger charge is 2.39. The molecule has 17 heavy (non-hydrogen) atoms. The van der Waals surface area contributed by atoms with Crippen molar-refractivity contribution in [1.82, 2.24) is 0 Å². The summed E-state index contributed by atoms with van der Waals surface area (Å²) in [6.07, 6.45) is -4.52. The predicted octanol–water partition coefficient (Wildman–Crippen LogP) is 3.76. The smallest absolute Gasteiger partial charge is 0.383 e. The van der Waals surface area contributed by atoms with Crippen molar-refractivity contribution in [3.8, 4) is 6.07 Å². The van der Waals surface area contributed by atoms with Crippen molar-refractivity contribution in [1.29, 1.82) is 5.26 Å². The SMILES string of the molecule is Cc1ccc(NCC(C#N)C(F)(F)F)cc1Cl. The van der Waals surface area contributed by atoms with Gasteiger partial charge in [-0.05, 0) is 24.6 Å². The van der Waals surface area contributed by atoms with E-state index in [1.807, 2.05) is 0 Å². The van der Waals surface area contributed by atoms with Crippen LogP contribution in [0.25, 0.3) is 0 Å². The lowest BCUT2D eigenvalue weighted by Crippen LogP contribution is -2.28. The molecule has 0 bridgehead atoms. The van der Waals surface area contributed by atoms with Crippen molar-refractivity contribution in [3.05, 3.63) is 28.8 Å². The molecule has 6 heteroatoms. The highest BCUT2D eigenvalue weighted by Crippen LogP contribution is 2.26. The number of halogens is 4. The third-order valence-corrected chi connectivity index (χ3v) is 2.64. The van der Waals surface area contributed by atoms with Crippen LogP contribution in [0.5, 0.6) is 0 Å². The molecule has 0 aliphatic heterocycles. The number of nitriles is 1. The topological polar surface area (TPSA) is 35.8 Å². The van der Waals surface area contributed by atoms with Gasteiger partial charge in [0.1, 0.15) is 0 Å². The Balaban J connectivity index is 2.67. The van der Waals surface area contributed by atoms with Crippen LogP contribution in [0.15, 0.2) is 18.2 Å². The monoisotopic (exact) mass is 262 g/mol. The van der Waals surface area contributed by atoms with E-state index in [9.17, 15) is 13.2 Å². The van der Waals surface area contributed by atoms with Gasteiger partial charge in [0, 0.05) is 17.3 Å². The van der Waals surface area contributed by atoms with Crippen LogP contribution in [0.2, 0.25) is 5.02 Å². The van der Waals surface area contributed by atoms with Gasteiger partial charge in [0.15, 0.2) is 5.92 Å². The van der Waals surface area contributed by atoms with Crippen LogP contribution < -0.4 is 5.32 Å². The second kappa shape index (κ2) is 5.28. The molecular formula is C11H10ClF3N2. The van der Waals surface area contributed by atoms with Crippen LogP contribution in [-0.2, 0) is 0 Å². The molecule has 0 radical (unpaired) electrons. The molecule has 0 heterocycles. The molecular weight excluding hydrogens is 253 g/mol. The molecule has 0 saturated carbocycles. The summed E-state index contributed by atoms with van der Waals surface area (Å²) in [5.74, 6) is -2.03. The minimum absolute atomic E-state index is 0.463. The van der Waals surface area contributed by atoms with E-state index in [4.69, 9.17) is 16.9 Å². The van der Waals surface area contributed by atoms with E-state index in [2.05, 4.69) is 5.32 Å². The Kier molecular flexibility index (Phi) is 4.24. The number of aryl methyl sites for hydroxylation is 1. The maximum Gasteiger partial charge on any atom is 0.406 e. The van der Waals surface area contributed by atoms with E-state index in [1.165, 1.54) is 12.1 Å². The summed E-state index contributed by atoms with van der Waals surface area (Å²) in [5, 5.41) is 11.4. The molecule has 1 unspecified atom stereocenters. The summed E-state index contributed by atoms with van der Waals surface area (Å²) < 4.78 is 36.8. The third-order valence-electron chi connectivity index (χ3n) is 2.23. The van der Waals surface area contributed by atoms with Gasteiger partial charge in [-0.3, -0.25) is 0 Å². The molecule has 0 amide bonds. The molecule has 0 aliphatic carbocycles. The van der Waals surface area contributed by atoms with E-state index >= 15 is 0 Å². The molecule has 1 aromatic carbocycles. The predicted molar refractivity (Wildman–Crippen MR) is 59.8 cm³/mol. The second-order valence-corrected chi connectivity index (χ2v) is 3.98. The lowest BCUT2D eigenvalue weighted by molar-refractivity contribution is -0.155. The van der Waals surface area contributed by atoms with Gasteiger partial charge in [0.25, 0.3) is 0 Å². The van der Waals surface area contributed by atoms with Gasteiger partial charge in [0.2, 0.25) is 0 Å². The van der Waals surface area contributed by atoms with Crippen molar-refractivity contribution in [2.24, 2.45) is 5.92 Å². The Morgan fingerprint density at radius 3 is 2.59 bits per heavy atom. The highest BCUT2D eigenvalue weighted by atomic mass is 35.5. The summed E-state index contributed by atoms with van der Waals surface area (Å²) in [4.78, 5) is 0. The number of rotatable bonds is 3. The molecule has 0 spiro atoms. The van der Waals surface area contributed by atoms with Crippen LogP contribution in [-0.4, -0.2) is 12.7 Å². The number of alkyl halides is 3. The Morgan fingerprint density at radius 2 is 2.12 bits per heavy atom. The normalized spacial score (nSPS) is 12.9. The fourth-order valence-corrected chi connectivity index (χ4v) is 1.34. The fourth-order valence-electron chi connectivity index (χ4n) is 1.16. The lowest BCUT2D eigenvalue weighted by Gasteiger charge is -2.15. The van der Waals surface area contributed by atoms with Crippen molar-refractivity contribution in [2.75, 3.05) is 11.9 Å². The molecule has 0 fully saturated rings. The minimum Gasteiger partial charge on any atom is -0.383 e. The summed E-state index contributed by atoms with van der Waals surface area (Å²) in [6, 6.07) is 6.06. The molecule has 0 aromatic heterocycles. The zero-order chi connectivity index (χ0) is 13.1. The van der Waals surface area contributed by atoms with Gasteiger partial charge < -0.3 is 5.32 Å². The lowest BCUT2D eigenvalue weighted by atomic mass is 10.1. The Bertz CT molecular complexity index is 437. The summed E-state index contributed by atoms with van der Waals surface area (Å²) >= 11 is 5.83. The third kappa shape index (κ3) is 3.82.